The predicted molar refractivity (Wildman–Crippen MR) is 80.6 cm³/mol. The Labute approximate surface area is 123 Å². The van der Waals surface area contributed by atoms with E-state index >= 15 is 0 Å². The van der Waals surface area contributed by atoms with Crippen molar-refractivity contribution in [3.63, 3.8) is 0 Å². The largest absolute Gasteiger partial charge is 0.388 e. The number of piperidine rings is 1. The highest BCUT2D eigenvalue weighted by Gasteiger charge is 2.24. The van der Waals surface area contributed by atoms with Gasteiger partial charge in [-0.25, -0.2) is 0 Å². The Morgan fingerprint density at radius 3 is 2.62 bits per heavy atom. The van der Waals surface area contributed by atoms with Crippen LogP contribution >= 0.6 is 0 Å². The Morgan fingerprint density at radius 2 is 2.05 bits per heavy atom. The Morgan fingerprint density at radius 1 is 1.38 bits per heavy atom. The van der Waals surface area contributed by atoms with Crippen LogP contribution in [-0.4, -0.2) is 49.0 Å². The highest BCUT2D eigenvalue weighted by molar-refractivity contribution is 5.99. The molecular weight excluding hydrogens is 272 g/mol. The number of amides is 1. The molecule has 0 saturated carbocycles. The van der Waals surface area contributed by atoms with Gasteiger partial charge in [-0.15, -0.1) is 0 Å². The normalized spacial score (nSPS) is 16.5. The third-order valence-electron chi connectivity index (χ3n) is 3.78. The number of hydrogen-bond acceptors (Lipinski definition) is 5. The Bertz CT molecular complexity index is 539. The number of nitro groups is 1. The molecule has 114 valence electrons. The van der Waals surface area contributed by atoms with Gasteiger partial charge in [0.2, 0.25) is 0 Å². The molecule has 0 radical (unpaired) electrons. The van der Waals surface area contributed by atoms with Crippen LogP contribution in [0.5, 0.6) is 0 Å². The Kier molecular flexibility index (Phi) is 4.74. The van der Waals surface area contributed by atoms with Gasteiger partial charge < -0.3 is 15.5 Å². The van der Waals surface area contributed by atoms with Gasteiger partial charge in [0.15, 0.2) is 0 Å². The number of carbonyl (C=O) groups excluding carboxylic acids is 1. The zero-order valence-corrected chi connectivity index (χ0v) is 12.3. The molecule has 1 aromatic carbocycles. The second-order valence-electron chi connectivity index (χ2n) is 5.29. The molecule has 1 saturated heterocycles. The summed E-state index contributed by atoms with van der Waals surface area (Å²) in [7, 11) is 3.75. The maximum Gasteiger partial charge on any atom is 0.282 e. The highest BCUT2D eigenvalue weighted by Crippen LogP contribution is 2.23. The van der Waals surface area contributed by atoms with E-state index in [4.69, 9.17) is 0 Å². The molecule has 1 aliphatic rings. The van der Waals surface area contributed by atoms with Gasteiger partial charge in [0, 0.05) is 24.8 Å². The molecule has 1 fully saturated rings. The molecule has 1 heterocycles. The molecule has 0 aromatic heterocycles. The lowest BCUT2D eigenvalue weighted by Crippen LogP contribution is -2.43. The monoisotopic (exact) mass is 292 g/mol. The van der Waals surface area contributed by atoms with Gasteiger partial charge >= 0.3 is 0 Å². The number of benzene rings is 1. The van der Waals surface area contributed by atoms with Crippen molar-refractivity contribution in [2.24, 2.45) is 0 Å². The molecule has 1 aromatic rings. The Balaban J connectivity index is 2.15. The van der Waals surface area contributed by atoms with Gasteiger partial charge in [0.05, 0.1) is 4.92 Å². The van der Waals surface area contributed by atoms with Crippen molar-refractivity contribution in [3.05, 3.63) is 33.9 Å². The summed E-state index contributed by atoms with van der Waals surface area (Å²) in [5, 5.41) is 16.9. The zero-order valence-electron chi connectivity index (χ0n) is 12.3. The average Bonchev–Trinajstić information content (AvgIpc) is 2.48. The van der Waals surface area contributed by atoms with Gasteiger partial charge in [-0.3, -0.25) is 14.9 Å². The molecule has 0 spiro atoms. The van der Waals surface area contributed by atoms with Crippen molar-refractivity contribution in [3.8, 4) is 0 Å². The van der Waals surface area contributed by atoms with Crippen LogP contribution in [-0.2, 0) is 0 Å². The molecule has 7 heteroatoms. The summed E-state index contributed by atoms with van der Waals surface area (Å²) in [6.07, 6.45) is 1.73. The number of rotatable bonds is 4. The minimum Gasteiger partial charge on any atom is -0.388 e. The molecule has 0 bridgehead atoms. The molecule has 21 heavy (non-hydrogen) atoms. The fourth-order valence-corrected chi connectivity index (χ4v) is 2.45. The quantitative estimate of drug-likeness (QED) is 0.648. The van der Waals surface area contributed by atoms with E-state index in [2.05, 4.69) is 15.5 Å². The van der Waals surface area contributed by atoms with Crippen molar-refractivity contribution in [2.45, 2.75) is 18.9 Å². The smallest absolute Gasteiger partial charge is 0.282 e. The van der Waals surface area contributed by atoms with Crippen LogP contribution in [0.25, 0.3) is 0 Å². The minimum absolute atomic E-state index is 0.0755. The van der Waals surface area contributed by atoms with E-state index < -0.39 is 4.92 Å². The molecule has 7 nitrogen and oxygen atoms in total. The van der Waals surface area contributed by atoms with Crippen molar-refractivity contribution in [2.75, 3.05) is 32.5 Å². The first kappa shape index (κ1) is 15.2. The first-order chi connectivity index (χ1) is 10.0. The zero-order chi connectivity index (χ0) is 15.4. The van der Waals surface area contributed by atoms with E-state index in [0.717, 1.165) is 25.9 Å². The number of anilines is 1. The summed E-state index contributed by atoms with van der Waals surface area (Å²) >= 11 is 0. The van der Waals surface area contributed by atoms with E-state index in [1.165, 1.54) is 12.1 Å². The standard InChI is InChI=1S/C14H20N4O3/c1-15-11-3-4-13(18(20)21)12(9-11)14(19)16-10-5-7-17(2)8-6-10/h3-4,9-10,15H,5-8H2,1-2H3,(H,16,19). The topological polar surface area (TPSA) is 87.5 Å². The minimum atomic E-state index is -0.525. The van der Waals surface area contributed by atoms with Gasteiger partial charge in [-0.05, 0) is 45.1 Å². The Hall–Kier alpha value is -2.15. The second kappa shape index (κ2) is 6.53. The second-order valence-corrected chi connectivity index (χ2v) is 5.29. The summed E-state index contributed by atoms with van der Waals surface area (Å²) in [5.74, 6) is -0.381. The van der Waals surface area contributed by atoms with Crippen LogP contribution < -0.4 is 10.6 Å². The molecule has 1 aliphatic heterocycles. The SMILES string of the molecule is CNc1ccc([N+](=O)[O-])c(C(=O)NC2CCN(C)CC2)c1. The van der Waals surface area contributed by atoms with Gasteiger partial charge in [-0.1, -0.05) is 0 Å². The first-order valence-electron chi connectivity index (χ1n) is 6.97. The van der Waals surface area contributed by atoms with Crippen LogP contribution in [0.1, 0.15) is 23.2 Å². The summed E-state index contributed by atoms with van der Waals surface area (Å²) in [5.41, 5.74) is 0.610. The van der Waals surface area contributed by atoms with Gasteiger partial charge in [-0.2, -0.15) is 0 Å². The van der Waals surface area contributed by atoms with Crippen LogP contribution in [0, 0.1) is 10.1 Å². The molecule has 0 unspecified atom stereocenters. The molecule has 0 aliphatic carbocycles. The number of nitro benzene ring substituents is 1. The predicted octanol–water partition coefficient (Wildman–Crippen LogP) is 1.46. The molecule has 1 amide bonds. The number of hydrogen-bond donors (Lipinski definition) is 2. The molecule has 2 N–H and O–H groups in total. The molecule has 0 atom stereocenters. The van der Waals surface area contributed by atoms with Crippen molar-refractivity contribution < 1.29 is 9.72 Å². The average molecular weight is 292 g/mol. The van der Waals surface area contributed by atoms with Gasteiger partial charge in [0.1, 0.15) is 5.56 Å². The maximum absolute atomic E-state index is 12.3. The fourth-order valence-electron chi connectivity index (χ4n) is 2.45. The van der Waals surface area contributed by atoms with Crippen molar-refractivity contribution >= 4 is 17.3 Å². The molecule has 2 rings (SSSR count). The number of nitrogens with one attached hydrogen (secondary N) is 2. The van der Waals surface area contributed by atoms with E-state index in [9.17, 15) is 14.9 Å². The van der Waals surface area contributed by atoms with Crippen LogP contribution in [0.3, 0.4) is 0 Å². The number of likely N-dealkylation sites (tertiary alicyclic amines) is 1. The third kappa shape index (κ3) is 3.69. The summed E-state index contributed by atoms with van der Waals surface area (Å²) in [6.45, 7) is 1.84. The lowest BCUT2D eigenvalue weighted by atomic mass is 10.0. The fraction of sp³-hybridized carbons (Fsp3) is 0.500. The van der Waals surface area contributed by atoms with Crippen LogP contribution in [0.4, 0.5) is 11.4 Å². The summed E-state index contributed by atoms with van der Waals surface area (Å²) < 4.78 is 0. The third-order valence-corrected chi connectivity index (χ3v) is 3.78. The number of carbonyl (C=O) groups is 1. The summed E-state index contributed by atoms with van der Waals surface area (Å²) in [4.78, 5) is 25.1. The van der Waals surface area contributed by atoms with E-state index in [0.29, 0.717) is 5.69 Å². The highest BCUT2D eigenvalue weighted by atomic mass is 16.6. The lowest BCUT2D eigenvalue weighted by Gasteiger charge is -2.29. The van der Waals surface area contributed by atoms with E-state index in [1.807, 2.05) is 7.05 Å². The van der Waals surface area contributed by atoms with Crippen LogP contribution in [0.15, 0.2) is 18.2 Å². The molecular formula is C14H20N4O3. The van der Waals surface area contributed by atoms with Crippen molar-refractivity contribution in [1.29, 1.82) is 0 Å². The number of nitrogens with zero attached hydrogens (tertiary/aromatic N) is 2. The first-order valence-corrected chi connectivity index (χ1v) is 6.97. The maximum atomic E-state index is 12.3. The van der Waals surface area contributed by atoms with E-state index in [-0.39, 0.29) is 23.2 Å². The summed E-state index contributed by atoms with van der Waals surface area (Å²) in [6, 6.07) is 4.54. The van der Waals surface area contributed by atoms with Crippen LogP contribution in [0.2, 0.25) is 0 Å². The van der Waals surface area contributed by atoms with Crippen molar-refractivity contribution in [1.82, 2.24) is 10.2 Å². The lowest BCUT2D eigenvalue weighted by molar-refractivity contribution is -0.385. The van der Waals surface area contributed by atoms with E-state index in [1.54, 1.807) is 13.1 Å². The van der Waals surface area contributed by atoms with Gasteiger partial charge in [0.25, 0.3) is 11.6 Å².